The second kappa shape index (κ2) is 5.67. The summed E-state index contributed by atoms with van der Waals surface area (Å²) in [5, 5.41) is 0.373. The van der Waals surface area contributed by atoms with Crippen molar-refractivity contribution in [2.24, 2.45) is 0 Å². The largest absolute Gasteiger partial charge is 0.456 e. The molecule has 0 atom stereocenters. The first kappa shape index (κ1) is 13.3. The van der Waals surface area contributed by atoms with Crippen LogP contribution < -0.4 is 5.73 Å². The monoisotopic (exact) mass is 280 g/mol. The van der Waals surface area contributed by atoms with Gasteiger partial charge in [-0.3, -0.25) is 0 Å². The van der Waals surface area contributed by atoms with Crippen LogP contribution in [0.3, 0.4) is 0 Å². The van der Waals surface area contributed by atoms with Crippen molar-refractivity contribution >= 4 is 23.3 Å². The van der Waals surface area contributed by atoms with E-state index in [0.29, 0.717) is 10.7 Å². The highest BCUT2D eigenvalue weighted by Crippen LogP contribution is 2.16. The summed E-state index contributed by atoms with van der Waals surface area (Å²) in [6.45, 7) is -0.211. The first-order valence-corrected chi connectivity index (χ1v) is 5.76. The fourth-order valence-corrected chi connectivity index (χ4v) is 1.59. The maximum Gasteiger partial charge on any atom is 0.357 e. The lowest BCUT2D eigenvalue weighted by Crippen LogP contribution is -2.08. The standard InChI is InChI=1S/C13H10ClFN2O2/c14-9-1-3-11(15)8(5-9)7-19-13(18)12-4-2-10(16)6-17-12/h1-6H,7,16H2. The molecule has 98 valence electrons. The van der Waals surface area contributed by atoms with Gasteiger partial charge in [0.1, 0.15) is 18.1 Å². The Balaban J connectivity index is 2.04. The molecule has 0 aliphatic rings. The van der Waals surface area contributed by atoms with Gasteiger partial charge in [-0.05, 0) is 30.3 Å². The number of hydrogen-bond acceptors (Lipinski definition) is 4. The number of hydrogen-bond donors (Lipinski definition) is 1. The van der Waals surface area contributed by atoms with E-state index >= 15 is 0 Å². The first-order chi connectivity index (χ1) is 9.06. The summed E-state index contributed by atoms with van der Waals surface area (Å²) in [6.07, 6.45) is 1.34. The van der Waals surface area contributed by atoms with Crippen LogP contribution in [0.2, 0.25) is 5.02 Å². The summed E-state index contributed by atoms with van der Waals surface area (Å²) >= 11 is 5.73. The van der Waals surface area contributed by atoms with Crippen LogP contribution in [0.15, 0.2) is 36.5 Å². The normalized spacial score (nSPS) is 10.2. The van der Waals surface area contributed by atoms with Gasteiger partial charge in [0.15, 0.2) is 0 Å². The van der Waals surface area contributed by atoms with Gasteiger partial charge >= 0.3 is 5.97 Å². The molecule has 6 heteroatoms. The third kappa shape index (κ3) is 3.42. The molecule has 0 saturated heterocycles. The Morgan fingerprint density at radius 3 is 2.84 bits per heavy atom. The maximum atomic E-state index is 13.4. The summed E-state index contributed by atoms with van der Waals surface area (Å²) in [7, 11) is 0. The van der Waals surface area contributed by atoms with E-state index in [9.17, 15) is 9.18 Å². The molecule has 0 fully saturated rings. The zero-order chi connectivity index (χ0) is 13.8. The molecule has 19 heavy (non-hydrogen) atoms. The SMILES string of the molecule is Nc1ccc(C(=O)OCc2cc(Cl)ccc2F)nc1. The number of esters is 1. The number of nitrogen functional groups attached to an aromatic ring is 1. The predicted molar refractivity (Wildman–Crippen MR) is 69.2 cm³/mol. The minimum absolute atomic E-state index is 0.108. The molecule has 0 aliphatic heterocycles. The molecule has 0 aliphatic carbocycles. The van der Waals surface area contributed by atoms with E-state index < -0.39 is 11.8 Å². The quantitative estimate of drug-likeness (QED) is 0.878. The van der Waals surface area contributed by atoms with Crippen molar-refractivity contribution in [3.63, 3.8) is 0 Å². The second-order valence-electron chi connectivity index (χ2n) is 3.79. The third-order valence-electron chi connectivity index (χ3n) is 2.36. The maximum absolute atomic E-state index is 13.4. The minimum atomic E-state index is -0.653. The summed E-state index contributed by atoms with van der Waals surface area (Å²) in [4.78, 5) is 15.5. The lowest BCUT2D eigenvalue weighted by molar-refractivity contribution is 0.0462. The molecule has 1 aromatic carbocycles. The van der Waals surface area contributed by atoms with Gasteiger partial charge in [0.2, 0.25) is 0 Å². The highest BCUT2D eigenvalue weighted by Gasteiger charge is 2.10. The molecular weight excluding hydrogens is 271 g/mol. The van der Waals surface area contributed by atoms with Crippen molar-refractivity contribution in [1.82, 2.24) is 4.98 Å². The number of carbonyl (C=O) groups excluding carboxylic acids is 1. The van der Waals surface area contributed by atoms with Crippen LogP contribution in [0.1, 0.15) is 16.1 Å². The van der Waals surface area contributed by atoms with Gasteiger partial charge in [-0.25, -0.2) is 14.2 Å². The second-order valence-corrected chi connectivity index (χ2v) is 4.23. The molecule has 2 aromatic rings. The number of nitrogens with two attached hydrogens (primary N) is 1. The van der Waals surface area contributed by atoms with Crippen LogP contribution in [-0.4, -0.2) is 11.0 Å². The van der Waals surface area contributed by atoms with E-state index in [1.165, 1.54) is 36.5 Å². The van der Waals surface area contributed by atoms with Crippen molar-refractivity contribution in [2.75, 3.05) is 5.73 Å². The highest BCUT2D eigenvalue weighted by atomic mass is 35.5. The van der Waals surface area contributed by atoms with E-state index in [0.717, 1.165) is 0 Å². The lowest BCUT2D eigenvalue weighted by Gasteiger charge is -2.06. The number of carbonyl (C=O) groups is 1. The van der Waals surface area contributed by atoms with Gasteiger partial charge in [0, 0.05) is 10.6 Å². The number of ether oxygens (including phenoxy) is 1. The lowest BCUT2D eigenvalue weighted by atomic mass is 10.2. The summed E-state index contributed by atoms with van der Waals surface area (Å²) in [5.74, 6) is -1.14. The zero-order valence-electron chi connectivity index (χ0n) is 9.77. The minimum Gasteiger partial charge on any atom is -0.456 e. The highest BCUT2D eigenvalue weighted by molar-refractivity contribution is 6.30. The van der Waals surface area contributed by atoms with E-state index in [1.54, 1.807) is 0 Å². The average molecular weight is 281 g/mol. The molecule has 4 nitrogen and oxygen atoms in total. The van der Waals surface area contributed by atoms with Gasteiger partial charge in [-0.1, -0.05) is 11.6 Å². The van der Waals surface area contributed by atoms with Gasteiger partial charge in [-0.2, -0.15) is 0 Å². The van der Waals surface area contributed by atoms with Crippen molar-refractivity contribution in [2.45, 2.75) is 6.61 Å². The number of benzene rings is 1. The van der Waals surface area contributed by atoms with Gasteiger partial charge in [0.25, 0.3) is 0 Å². The summed E-state index contributed by atoms with van der Waals surface area (Å²) in [6, 6.07) is 7.01. The fraction of sp³-hybridized carbons (Fsp3) is 0.0769. The van der Waals surface area contributed by atoms with Crippen LogP contribution >= 0.6 is 11.6 Å². The number of aromatic nitrogens is 1. The van der Waals surface area contributed by atoms with Crippen molar-refractivity contribution in [1.29, 1.82) is 0 Å². The molecule has 2 N–H and O–H groups in total. The van der Waals surface area contributed by atoms with Crippen molar-refractivity contribution in [3.8, 4) is 0 Å². The Labute approximate surface area is 114 Å². The Hall–Kier alpha value is -2.14. The first-order valence-electron chi connectivity index (χ1n) is 5.39. The molecule has 1 heterocycles. The molecule has 0 saturated carbocycles. The third-order valence-corrected chi connectivity index (χ3v) is 2.60. The van der Waals surface area contributed by atoms with Crippen molar-refractivity contribution in [3.05, 3.63) is 58.6 Å². The Morgan fingerprint density at radius 1 is 1.37 bits per heavy atom. The van der Waals surface area contributed by atoms with Crippen LogP contribution in [0.5, 0.6) is 0 Å². The van der Waals surface area contributed by atoms with Crippen LogP contribution in [-0.2, 0) is 11.3 Å². The van der Waals surface area contributed by atoms with Gasteiger partial charge in [0.05, 0.1) is 11.9 Å². The molecule has 0 radical (unpaired) electrons. The number of halogens is 2. The summed E-state index contributed by atoms with van der Waals surface area (Å²) < 4.78 is 18.3. The predicted octanol–water partition coefficient (Wildman–Crippen LogP) is 2.81. The Kier molecular flexibility index (Phi) is 3.97. The number of pyridine rings is 1. The Morgan fingerprint density at radius 2 is 2.16 bits per heavy atom. The van der Waals surface area contributed by atoms with E-state index in [1.807, 2.05) is 0 Å². The molecule has 0 spiro atoms. The van der Waals surface area contributed by atoms with E-state index in [2.05, 4.69) is 4.98 Å². The molecular formula is C13H10ClFN2O2. The van der Waals surface area contributed by atoms with Crippen LogP contribution in [0, 0.1) is 5.82 Å². The Bertz CT molecular complexity index is 602. The molecule has 2 rings (SSSR count). The van der Waals surface area contributed by atoms with Crippen LogP contribution in [0.4, 0.5) is 10.1 Å². The average Bonchev–Trinajstić information content (AvgIpc) is 2.40. The van der Waals surface area contributed by atoms with Gasteiger partial charge in [-0.15, -0.1) is 0 Å². The smallest absolute Gasteiger partial charge is 0.357 e. The number of anilines is 1. The number of rotatable bonds is 3. The van der Waals surface area contributed by atoms with E-state index in [-0.39, 0.29) is 17.9 Å². The van der Waals surface area contributed by atoms with Crippen LogP contribution in [0.25, 0.3) is 0 Å². The molecule has 0 bridgehead atoms. The zero-order valence-corrected chi connectivity index (χ0v) is 10.5. The molecule has 0 unspecified atom stereocenters. The van der Waals surface area contributed by atoms with E-state index in [4.69, 9.17) is 22.1 Å². The van der Waals surface area contributed by atoms with Gasteiger partial charge < -0.3 is 10.5 Å². The van der Waals surface area contributed by atoms with Crippen molar-refractivity contribution < 1.29 is 13.9 Å². The summed E-state index contributed by atoms with van der Waals surface area (Å²) in [5.41, 5.74) is 6.20. The fourth-order valence-electron chi connectivity index (χ4n) is 1.40. The molecule has 1 aromatic heterocycles. The topological polar surface area (TPSA) is 65.2 Å². The molecule has 0 amide bonds. The number of nitrogens with zero attached hydrogens (tertiary/aromatic N) is 1.